The number of allylic oxidation sites excluding steroid dienone is 1. The van der Waals surface area contributed by atoms with Gasteiger partial charge in [-0.25, -0.2) is 9.97 Å². The number of oxazole rings is 1. The van der Waals surface area contributed by atoms with E-state index in [1.54, 1.807) is 31.5 Å². The molecule has 1 fully saturated rings. The number of quaternary nitrogens is 1. The summed E-state index contributed by atoms with van der Waals surface area (Å²) in [5.41, 5.74) is 8.94. The van der Waals surface area contributed by atoms with Crippen molar-refractivity contribution in [1.29, 1.82) is 5.41 Å². The lowest BCUT2D eigenvalue weighted by molar-refractivity contribution is -0.628. The second-order valence-electron chi connectivity index (χ2n) is 8.00. The number of hydrogen-bond donors (Lipinski definition) is 3. The van der Waals surface area contributed by atoms with Crippen LogP contribution in [0.2, 0.25) is 5.02 Å². The zero-order valence-electron chi connectivity index (χ0n) is 18.3. The Morgan fingerprint density at radius 3 is 2.76 bits per heavy atom. The Bertz CT molecular complexity index is 1200. The molecule has 8 nitrogen and oxygen atoms in total. The van der Waals surface area contributed by atoms with Crippen LogP contribution < -0.4 is 11.1 Å². The summed E-state index contributed by atoms with van der Waals surface area (Å²) < 4.78 is 5.94. The van der Waals surface area contributed by atoms with Gasteiger partial charge in [0.15, 0.2) is 5.76 Å². The van der Waals surface area contributed by atoms with Crippen molar-refractivity contribution in [2.45, 2.75) is 25.8 Å². The fraction of sp³-hybridized carbons (Fsp3) is 0.250. The zero-order chi connectivity index (χ0) is 23.4. The highest BCUT2D eigenvalue weighted by Crippen LogP contribution is 2.31. The third-order valence-corrected chi connectivity index (χ3v) is 6.02. The first kappa shape index (κ1) is 22.7. The third kappa shape index (κ3) is 5.30. The van der Waals surface area contributed by atoms with Crippen LogP contribution in [0.25, 0.3) is 28.4 Å². The average molecular weight is 466 g/mol. The molecule has 5 N–H and O–H groups in total. The highest BCUT2D eigenvalue weighted by atomic mass is 35.5. The Labute approximate surface area is 197 Å². The largest absolute Gasteiger partial charge is 0.436 e. The number of aromatic nitrogens is 2. The summed E-state index contributed by atoms with van der Waals surface area (Å²) >= 11 is 6.08. The van der Waals surface area contributed by atoms with Gasteiger partial charge in [-0.05, 0) is 18.2 Å². The second-order valence-corrected chi connectivity index (χ2v) is 8.44. The van der Waals surface area contributed by atoms with E-state index in [1.165, 1.54) is 6.21 Å². The number of pyridine rings is 1. The molecule has 1 amide bonds. The van der Waals surface area contributed by atoms with Crippen molar-refractivity contribution in [1.82, 2.24) is 14.9 Å². The van der Waals surface area contributed by atoms with Gasteiger partial charge in [-0.15, -0.1) is 0 Å². The van der Waals surface area contributed by atoms with E-state index >= 15 is 0 Å². The van der Waals surface area contributed by atoms with Gasteiger partial charge < -0.3 is 25.8 Å². The van der Waals surface area contributed by atoms with E-state index in [0.29, 0.717) is 39.7 Å². The topological polar surface area (TPSA) is 126 Å². The smallest absolute Gasteiger partial charge is 0.230 e. The maximum Gasteiger partial charge on any atom is 0.230 e. The lowest BCUT2D eigenvalue weighted by Gasteiger charge is -2.29. The number of piperidine rings is 1. The zero-order valence-corrected chi connectivity index (χ0v) is 19.0. The first-order valence-corrected chi connectivity index (χ1v) is 11.1. The Kier molecular flexibility index (Phi) is 6.86. The van der Waals surface area contributed by atoms with Gasteiger partial charge in [0.1, 0.15) is 12.0 Å². The van der Waals surface area contributed by atoms with Gasteiger partial charge in [0.25, 0.3) is 0 Å². The first-order valence-electron chi connectivity index (χ1n) is 10.7. The molecule has 1 aromatic carbocycles. The number of benzene rings is 1. The van der Waals surface area contributed by atoms with Crippen molar-refractivity contribution in [2.24, 2.45) is 0 Å². The number of nitrogens with zero attached hydrogens (tertiary/aromatic N) is 3. The van der Waals surface area contributed by atoms with Crippen molar-refractivity contribution in [2.75, 3.05) is 18.8 Å². The number of likely N-dealkylation sites (tertiary alicyclic amines) is 1. The van der Waals surface area contributed by atoms with Crippen molar-refractivity contribution in [3.05, 3.63) is 59.5 Å². The Morgan fingerprint density at radius 2 is 2.06 bits per heavy atom. The number of amides is 1. The summed E-state index contributed by atoms with van der Waals surface area (Å²) in [4.78, 5) is 22.1. The number of rotatable bonds is 6. The summed E-state index contributed by atoms with van der Waals surface area (Å²) in [5, 5.41) is 10.6. The molecular weight excluding hydrogens is 440 g/mol. The van der Waals surface area contributed by atoms with Crippen molar-refractivity contribution in [3.8, 4) is 22.8 Å². The van der Waals surface area contributed by atoms with E-state index in [2.05, 4.69) is 15.3 Å². The van der Waals surface area contributed by atoms with Crippen molar-refractivity contribution in [3.63, 3.8) is 0 Å². The van der Waals surface area contributed by atoms with E-state index in [-0.39, 0.29) is 5.91 Å². The van der Waals surface area contributed by atoms with Crippen molar-refractivity contribution >= 4 is 35.1 Å². The average Bonchev–Trinajstić information content (AvgIpc) is 3.31. The monoisotopic (exact) mass is 465 g/mol. The van der Waals surface area contributed by atoms with Gasteiger partial charge in [-0.3, -0.25) is 4.79 Å². The van der Waals surface area contributed by atoms with E-state index < -0.39 is 0 Å². The fourth-order valence-electron chi connectivity index (χ4n) is 3.85. The number of hydrogen-bond acceptors (Lipinski definition) is 6. The number of anilines is 1. The molecule has 0 aliphatic carbocycles. The number of carbonyl (C=O) groups excluding carboxylic acids is 1. The van der Waals surface area contributed by atoms with Crippen LogP contribution in [0.4, 0.5) is 5.82 Å². The summed E-state index contributed by atoms with van der Waals surface area (Å²) in [5.74, 6) is 1.34. The standard InChI is InChI=1S/C24H25ClN6O2/c1-15(32)31-7-5-20(6-8-31)28-13-18(11-26)17-10-21(23(27)29-12-17)24-30-14-22(33-24)16-3-2-4-19(25)9-16/h2-4,9-14,20,26,28H,5-8H2,1H3,(H2,27,29)/p+1. The predicted octanol–water partition coefficient (Wildman–Crippen LogP) is 3.20. The molecule has 0 bridgehead atoms. The number of nitrogens with one attached hydrogen (secondary N) is 1. The molecule has 0 radical (unpaired) electrons. The van der Waals surface area contributed by atoms with Gasteiger partial charge in [0, 0.05) is 61.4 Å². The minimum atomic E-state index is 0.120. The molecule has 0 atom stereocenters. The Morgan fingerprint density at radius 1 is 1.27 bits per heavy atom. The predicted molar refractivity (Wildman–Crippen MR) is 129 cm³/mol. The number of nitrogen functional groups attached to an aromatic ring is 1. The summed E-state index contributed by atoms with van der Waals surface area (Å²) in [7, 11) is 0. The number of nitrogens with two attached hydrogens (primary N) is 2. The van der Waals surface area contributed by atoms with Gasteiger partial charge in [-0.2, -0.15) is 0 Å². The van der Waals surface area contributed by atoms with Crippen LogP contribution in [-0.4, -0.2) is 46.1 Å². The maximum absolute atomic E-state index is 11.5. The van der Waals surface area contributed by atoms with Crippen LogP contribution in [0, 0.1) is 5.41 Å². The van der Waals surface area contributed by atoms with Crippen LogP contribution in [0.15, 0.2) is 53.3 Å². The molecule has 0 spiro atoms. The maximum atomic E-state index is 11.5. The Hall–Kier alpha value is -3.49. The summed E-state index contributed by atoms with van der Waals surface area (Å²) in [6.45, 7) is 3.13. The molecule has 2 aromatic heterocycles. The van der Waals surface area contributed by atoms with Gasteiger partial charge in [0.2, 0.25) is 11.8 Å². The first-order chi connectivity index (χ1) is 15.9. The molecule has 0 unspecified atom stereocenters. The number of carbonyl (C=O) groups is 1. The normalized spacial score (nSPS) is 15.0. The van der Waals surface area contributed by atoms with Crippen molar-refractivity contribution < 1.29 is 14.5 Å². The molecule has 1 aliphatic heterocycles. The van der Waals surface area contributed by atoms with Crippen LogP contribution in [0.3, 0.4) is 0 Å². The lowest BCUT2D eigenvalue weighted by Crippen LogP contribution is -2.86. The highest BCUT2D eigenvalue weighted by Gasteiger charge is 2.22. The third-order valence-electron chi connectivity index (χ3n) is 5.79. The molecule has 3 aromatic rings. The van der Waals surface area contributed by atoms with Gasteiger partial charge in [-0.1, -0.05) is 23.7 Å². The quantitative estimate of drug-likeness (QED) is 0.482. The minimum absolute atomic E-state index is 0.120. The summed E-state index contributed by atoms with van der Waals surface area (Å²) in [6.07, 6.45) is 8.32. The SMILES string of the molecule is CC(=O)N1CCC([NH2+]C=C(C=N)c2cnc(N)c(-c3ncc(-c4cccc(Cl)c4)o3)c2)CC1. The molecule has 1 saturated heterocycles. The second kappa shape index (κ2) is 9.97. The molecule has 9 heteroatoms. The van der Waals surface area contributed by atoms with Gasteiger partial charge >= 0.3 is 0 Å². The molecule has 170 valence electrons. The minimum Gasteiger partial charge on any atom is -0.436 e. The van der Waals surface area contributed by atoms with E-state index in [0.717, 1.165) is 37.1 Å². The molecule has 33 heavy (non-hydrogen) atoms. The van der Waals surface area contributed by atoms with Crippen LogP contribution in [0.5, 0.6) is 0 Å². The van der Waals surface area contributed by atoms with Crippen LogP contribution in [0.1, 0.15) is 25.3 Å². The Balaban J connectivity index is 1.53. The molecule has 4 rings (SSSR count). The van der Waals surface area contributed by atoms with Crippen LogP contribution in [-0.2, 0) is 4.79 Å². The lowest BCUT2D eigenvalue weighted by atomic mass is 10.0. The molecular formula is C24H26ClN6O2+. The molecule has 3 heterocycles. The fourth-order valence-corrected chi connectivity index (χ4v) is 4.04. The highest BCUT2D eigenvalue weighted by molar-refractivity contribution is 6.30. The van der Waals surface area contributed by atoms with E-state index in [4.69, 9.17) is 27.2 Å². The van der Waals surface area contributed by atoms with Gasteiger partial charge in [0.05, 0.1) is 23.4 Å². The molecule has 1 aliphatic rings. The summed E-state index contributed by atoms with van der Waals surface area (Å²) in [6, 6.07) is 9.53. The van der Waals surface area contributed by atoms with Crippen LogP contribution >= 0.6 is 11.6 Å². The van der Waals surface area contributed by atoms with E-state index in [9.17, 15) is 4.79 Å². The number of halogens is 1. The van der Waals surface area contributed by atoms with E-state index in [1.807, 2.05) is 29.3 Å². The molecule has 0 saturated carbocycles.